The van der Waals surface area contributed by atoms with Crippen molar-refractivity contribution in [2.75, 3.05) is 12.4 Å². The number of allylic oxidation sites excluding steroid dienone is 1. The molecular weight excluding hydrogens is 288 g/mol. The van der Waals surface area contributed by atoms with Crippen molar-refractivity contribution in [1.82, 2.24) is 19.6 Å². The molecule has 0 unspecified atom stereocenters. The lowest BCUT2D eigenvalue weighted by Gasteiger charge is -2.07. The first-order chi connectivity index (χ1) is 11.1. The third kappa shape index (κ3) is 2.70. The third-order valence-corrected chi connectivity index (χ3v) is 3.50. The lowest BCUT2D eigenvalue weighted by molar-refractivity contribution is 0.859. The molecule has 0 aliphatic heterocycles. The highest BCUT2D eigenvalue weighted by Crippen LogP contribution is 2.30. The minimum atomic E-state index is 0.681. The molecule has 0 aliphatic rings. The summed E-state index contributed by atoms with van der Waals surface area (Å²) in [6, 6.07) is 5.98. The summed E-state index contributed by atoms with van der Waals surface area (Å²) in [7, 11) is 1.85. The van der Waals surface area contributed by atoms with Gasteiger partial charge in [-0.05, 0) is 31.5 Å². The number of nitrogens with zero attached hydrogens (tertiary/aromatic N) is 5. The quantitative estimate of drug-likeness (QED) is 0.751. The second kappa shape index (κ2) is 6.00. The van der Waals surface area contributed by atoms with Gasteiger partial charge in [-0.1, -0.05) is 18.7 Å². The van der Waals surface area contributed by atoms with E-state index in [1.165, 1.54) is 0 Å². The molecule has 1 N–H and O–H groups in total. The zero-order chi connectivity index (χ0) is 16.4. The summed E-state index contributed by atoms with van der Waals surface area (Å²) in [5.41, 5.74) is 3.70. The molecule has 0 amide bonds. The molecule has 3 heterocycles. The zero-order valence-corrected chi connectivity index (χ0v) is 13.4. The topological polar surface area (TPSA) is 67.5 Å². The number of hydrogen-bond donors (Lipinski definition) is 1. The normalized spacial score (nSPS) is 11.3. The maximum absolute atomic E-state index is 4.66. The predicted octanol–water partition coefficient (Wildman–Crippen LogP) is 3.34. The lowest BCUT2D eigenvalue weighted by atomic mass is 10.1. The molecule has 0 atom stereocenters. The molecule has 3 aromatic rings. The Morgan fingerprint density at radius 2 is 2.04 bits per heavy atom. The molecule has 0 spiro atoms. The second-order valence-corrected chi connectivity index (χ2v) is 5.13. The number of aryl methyl sites for hydroxylation is 2. The Morgan fingerprint density at radius 3 is 2.78 bits per heavy atom. The van der Waals surface area contributed by atoms with Gasteiger partial charge in [0.15, 0.2) is 11.6 Å². The van der Waals surface area contributed by atoms with E-state index in [9.17, 15) is 0 Å². The van der Waals surface area contributed by atoms with Gasteiger partial charge in [0.05, 0.1) is 5.69 Å². The van der Waals surface area contributed by atoms with E-state index in [1.54, 1.807) is 12.3 Å². The van der Waals surface area contributed by atoms with Crippen LogP contribution in [0.15, 0.2) is 42.0 Å². The van der Waals surface area contributed by atoms with E-state index in [0.717, 1.165) is 28.2 Å². The molecular formula is C17H18N6. The van der Waals surface area contributed by atoms with Crippen LogP contribution in [0.1, 0.15) is 11.4 Å². The molecule has 0 radical (unpaired) electrons. The highest BCUT2D eigenvalue weighted by molar-refractivity contribution is 5.87. The van der Waals surface area contributed by atoms with E-state index in [2.05, 4.69) is 32.0 Å². The molecule has 0 bridgehead atoms. The smallest absolute Gasteiger partial charge is 0.155 e. The number of nitrogens with one attached hydrogen (secondary N) is 1. The molecule has 6 heteroatoms. The molecule has 0 saturated carbocycles. The van der Waals surface area contributed by atoms with Gasteiger partial charge >= 0.3 is 0 Å². The van der Waals surface area contributed by atoms with Crippen molar-refractivity contribution < 1.29 is 0 Å². The molecule has 6 nitrogen and oxygen atoms in total. The SMILES string of the molecule is C=C/C=N\c1nc(-c2ccn3nc(C)nc(NC)c23)ccc1C. The first-order valence-electron chi connectivity index (χ1n) is 7.31. The summed E-state index contributed by atoms with van der Waals surface area (Å²) in [6.07, 6.45) is 5.19. The van der Waals surface area contributed by atoms with Gasteiger partial charge in [-0.3, -0.25) is 0 Å². The van der Waals surface area contributed by atoms with Gasteiger partial charge in [-0.2, -0.15) is 5.10 Å². The van der Waals surface area contributed by atoms with Crippen molar-refractivity contribution in [3.8, 4) is 11.3 Å². The average Bonchev–Trinajstić information content (AvgIpc) is 2.97. The maximum Gasteiger partial charge on any atom is 0.155 e. The lowest BCUT2D eigenvalue weighted by Crippen LogP contribution is -2.03. The Balaban J connectivity index is 2.21. The molecule has 0 fully saturated rings. The first-order valence-corrected chi connectivity index (χ1v) is 7.31. The van der Waals surface area contributed by atoms with E-state index >= 15 is 0 Å². The molecule has 116 valence electrons. The maximum atomic E-state index is 4.66. The van der Waals surface area contributed by atoms with Crippen molar-refractivity contribution in [3.05, 3.63) is 48.4 Å². The van der Waals surface area contributed by atoms with Crippen molar-refractivity contribution in [2.45, 2.75) is 13.8 Å². The number of rotatable bonds is 4. The summed E-state index contributed by atoms with van der Waals surface area (Å²) in [4.78, 5) is 13.4. The largest absolute Gasteiger partial charge is 0.371 e. The molecule has 0 aliphatic carbocycles. The molecule has 3 rings (SSSR count). The Bertz CT molecular complexity index is 907. The number of aliphatic imine (C=N–C) groups is 1. The summed E-state index contributed by atoms with van der Waals surface area (Å²) >= 11 is 0. The molecule has 3 aromatic heterocycles. The first kappa shape index (κ1) is 14.9. The molecule has 0 aromatic carbocycles. The van der Waals surface area contributed by atoms with Crippen LogP contribution in [0.5, 0.6) is 0 Å². The predicted molar refractivity (Wildman–Crippen MR) is 93.6 cm³/mol. The van der Waals surface area contributed by atoms with Crippen LogP contribution in [0, 0.1) is 13.8 Å². The highest BCUT2D eigenvalue weighted by atomic mass is 15.3. The van der Waals surface area contributed by atoms with E-state index in [-0.39, 0.29) is 0 Å². The second-order valence-electron chi connectivity index (χ2n) is 5.13. The van der Waals surface area contributed by atoms with Gasteiger partial charge in [-0.15, -0.1) is 0 Å². The van der Waals surface area contributed by atoms with Crippen molar-refractivity contribution >= 4 is 23.4 Å². The van der Waals surface area contributed by atoms with Crippen LogP contribution >= 0.6 is 0 Å². The molecule has 0 saturated heterocycles. The van der Waals surface area contributed by atoms with Gasteiger partial charge in [0.2, 0.25) is 0 Å². The minimum absolute atomic E-state index is 0.681. The fourth-order valence-corrected chi connectivity index (χ4v) is 2.44. The minimum Gasteiger partial charge on any atom is -0.371 e. The summed E-state index contributed by atoms with van der Waals surface area (Å²) in [5, 5.41) is 7.54. The Hall–Kier alpha value is -3.02. The fourth-order valence-electron chi connectivity index (χ4n) is 2.44. The number of aromatic nitrogens is 4. The van der Waals surface area contributed by atoms with E-state index < -0.39 is 0 Å². The monoisotopic (exact) mass is 306 g/mol. The average molecular weight is 306 g/mol. The van der Waals surface area contributed by atoms with Crippen LogP contribution < -0.4 is 5.32 Å². The Kier molecular flexibility index (Phi) is 3.89. The van der Waals surface area contributed by atoms with Gasteiger partial charge < -0.3 is 5.32 Å². The molecule has 23 heavy (non-hydrogen) atoms. The van der Waals surface area contributed by atoms with Crippen LogP contribution in [0.25, 0.3) is 16.8 Å². The summed E-state index contributed by atoms with van der Waals surface area (Å²) in [5.74, 6) is 2.16. The van der Waals surface area contributed by atoms with Gasteiger partial charge in [0, 0.05) is 25.0 Å². The van der Waals surface area contributed by atoms with Crippen LogP contribution in [0.4, 0.5) is 11.6 Å². The zero-order valence-electron chi connectivity index (χ0n) is 13.4. The van der Waals surface area contributed by atoms with Crippen LogP contribution in [-0.4, -0.2) is 32.8 Å². The van der Waals surface area contributed by atoms with Crippen LogP contribution in [0.2, 0.25) is 0 Å². The van der Waals surface area contributed by atoms with Gasteiger partial charge in [0.25, 0.3) is 0 Å². The van der Waals surface area contributed by atoms with E-state index in [1.807, 2.05) is 49.8 Å². The van der Waals surface area contributed by atoms with Crippen molar-refractivity contribution in [2.24, 2.45) is 4.99 Å². The number of anilines is 1. The van der Waals surface area contributed by atoms with Gasteiger partial charge in [0.1, 0.15) is 11.3 Å². The summed E-state index contributed by atoms with van der Waals surface area (Å²) < 4.78 is 1.82. The van der Waals surface area contributed by atoms with Crippen LogP contribution in [0.3, 0.4) is 0 Å². The number of fused-ring (bicyclic) bond motifs is 1. The Labute approximate surface area is 134 Å². The van der Waals surface area contributed by atoms with Crippen LogP contribution in [-0.2, 0) is 0 Å². The summed E-state index contributed by atoms with van der Waals surface area (Å²) in [6.45, 7) is 7.49. The number of hydrogen-bond acceptors (Lipinski definition) is 5. The fraction of sp³-hybridized carbons (Fsp3) is 0.176. The Morgan fingerprint density at radius 1 is 1.22 bits per heavy atom. The highest BCUT2D eigenvalue weighted by Gasteiger charge is 2.14. The standard InChI is InChI=1S/C17H18N6/c1-5-9-19-16-11(2)6-7-14(21-16)13-8-10-23-15(13)17(18-4)20-12(3)22-23/h5-10H,1H2,2-4H3,(H,18,20,22)/b19-9-. The van der Waals surface area contributed by atoms with E-state index in [4.69, 9.17) is 0 Å². The van der Waals surface area contributed by atoms with Crippen molar-refractivity contribution in [3.63, 3.8) is 0 Å². The number of pyridine rings is 1. The van der Waals surface area contributed by atoms with E-state index in [0.29, 0.717) is 11.6 Å². The van der Waals surface area contributed by atoms with Gasteiger partial charge in [-0.25, -0.2) is 19.5 Å². The van der Waals surface area contributed by atoms with Crippen molar-refractivity contribution in [1.29, 1.82) is 0 Å². The third-order valence-electron chi connectivity index (χ3n) is 3.50.